The summed E-state index contributed by atoms with van der Waals surface area (Å²) < 4.78 is 10.1. The molecule has 0 radical (unpaired) electrons. The zero-order valence-corrected chi connectivity index (χ0v) is 10.5. The van der Waals surface area contributed by atoms with Crippen molar-refractivity contribution in [3.63, 3.8) is 0 Å². The SMILES string of the molecule is COC(=O)C1COCCN1CCc1cccnc1. The molecule has 2 rings (SSSR count). The monoisotopic (exact) mass is 250 g/mol. The quantitative estimate of drug-likeness (QED) is 0.728. The maximum atomic E-state index is 11.6. The fourth-order valence-corrected chi connectivity index (χ4v) is 2.08. The number of hydrogen-bond donors (Lipinski definition) is 0. The van der Waals surface area contributed by atoms with Gasteiger partial charge in [0.05, 0.1) is 20.3 Å². The van der Waals surface area contributed by atoms with Crippen molar-refractivity contribution >= 4 is 5.97 Å². The first-order valence-corrected chi connectivity index (χ1v) is 6.10. The maximum absolute atomic E-state index is 11.6. The number of nitrogens with zero attached hydrogens (tertiary/aromatic N) is 2. The Morgan fingerprint density at radius 3 is 3.28 bits per heavy atom. The van der Waals surface area contributed by atoms with Crippen molar-refractivity contribution < 1.29 is 14.3 Å². The normalized spacial score (nSPS) is 20.6. The van der Waals surface area contributed by atoms with Crippen LogP contribution in [0.4, 0.5) is 0 Å². The van der Waals surface area contributed by atoms with Gasteiger partial charge in [0.2, 0.25) is 0 Å². The van der Waals surface area contributed by atoms with Crippen LogP contribution in [0.15, 0.2) is 24.5 Å². The number of aromatic nitrogens is 1. The lowest BCUT2D eigenvalue weighted by atomic mass is 10.1. The van der Waals surface area contributed by atoms with E-state index in [1.807, 2.05) is 18.3 Å². The highest BCUT2D eigenvalue weighted by Gasteiger charge is 2.29. The molecule has 0 N–H and O–H groups in total. The number of morpholine rings is 1. The van der Waals surface area contributed by atoms with E-state index >= 15 is 0 Å². The van der Waals surface area contributed by atoms with E-state index in [0.29, 0.717) is 13.2 Å². The molecule has 5 heteroatoms. The largest absolute Gasteiger partial charge is 0.468 e. The van der Waals surface area contributed by atoms with Crippen LogP contribution < -0.4 is 0 Å². The van der Waals surface area contributed by atoms with E-state index in [0.717, 1.165) is 19.5 Å². The van der Waals surface area contributed by atoms with Crippen molar-refractivity contribution in [2.45, 2.75) is 12.5 Å². The summed E-state index contributed by atoms with van der Waals surface area (Å²) >= 11 is 0. The second-order valence-corrected chi connectivity index (χ2v) is 4.26. The lowest BCUT2D eigenvalue weighted by molar-refractivity contribution is -0.153. The highest BCUT2D eigenvalue weighted by atomic mass is 16.5. The van der Waals surface area contributed by atoms with Gasteiger partial charge in [0.1, 0.15) is 6.04 Å². The molecule has 18 heavy (non-hydrogen) atoms. The summed E-state index contributed by atoms with van der Waals surface area (Å²) in [6.07, 6.45) is 4.49. The van der Waals surface area contributed by atoms with Gasteiger partial charge < -0.3 is 9.47 Å². The molecule has 1 fully saturated rings. The zero-order valence-electron chi connectivity index (χ0n) is 10.5. The van der Waals surface area contributed by atoms with Crippen LogP contribution in [0.2, 0.25) is 0 Å². The van der Waals surface area contributed by atoms with Gasteiger partial charge in [-0.1, -0.05) is 6.07 Å². The Kier molecular flexibility index (Phi) is 4.66. The van der Waals surface area contributed by atoms with Crippen LogP contribution >= 0.6 is 0 Å². The highest BCUT2D eigenvalue weighted by molar-refractivity contribution is 5.75. The minimum Gasteiger partial charge on any atom is -0.468 e. The number of ether oxygens (including phenoxy) is 2. The predicted octanol–water partition coefficient (Wildman–Crippen LogP) is 0.498. The fraction of sp³-hybridized carbons (Fsp3) is 0.538. The molecule has 1 unspecified atom stereocenters. The van der Waals surface area contributed by atoms with Gasteiger partial charge in [-0.15, -0.1) is 0 Å². The molecule has 1 aliphatic heterocycles. The number of hydrogen-bond acceptors (Lipinski definition) is 5. The standard InChI is InChI=1S/C13H18N2O3/c1-17-13(16)12-10-18-8-7-15(12)6-4-11-3-2-5-14-9-11/h2-3,5,9,12H,4,6-8,10H2,1H3. The lowest BCUT2D eigenvalue weighted by Crippen LogP contribution is -2.50. The molecule has 1 atom stereocenters. The summed E-state index contributed by atoms with van der Waals surface area (Å²) in [6.45, 7) is 2.66. The molecule has 1 aromatic heterocycles. The zero-order chi connectivity index (χ0) is 12.8. The van der Waals surface area contributed by atoms with E-state index < -0.39 is 0 Å². The van der Waals surface area contributed by atoms with Gasteiger partial charge in [-0.3, -0.25) is 14.7 Å². The minimum atomic E-state index is -0.277. The molecule has 0 aliphatic carbocycles. The molecule has 0 aromatic carbocycles. The van der Waals surface area contributed by atoms with Crippen LogP contribution in [0.5, 0.6) is 0 Å². The molecule has 1 aliphatic rings. The molecule has 0 spiro atoms. The third-order valence-electron chi connectivity index (χ3n) is 3.12. The lowest BCUT2D eigenvalue weighted by Gasteiger charge is -2.33. The van der Waals surface area contributed by atoms with E-state index in [4.69, 9.17) is 9.47 Å². The number of methoxy groups -OCH3 is 1. The predicted molar refractivity (Wildman–Crippen MR) is 66.1 cm³/mol. The Balaban J connectivity index is 1.91. The smallest absolute Gasteiger partial charge is 0.325 e. The van der Waals surface area contributed by atoms with Crippen LogP contribution in [0.25, 0.3) is 0 Å². The second kappa shape index (κ2) is 6.47. The molecule has 0 bridgehead atoms. The second-order valence-electron chi connectivity index (χ2n) is 4.26. The van der Waals surface area contributed by atoms with Gasteiger partial charge in [-0.2, -0.15) is 0 Å². The van der Waals surface area contributed by atoms with Gasteiger partial charge in [0.25, 0.3) is 0 Å². The Morgan fingerprint density at radius 1 is 1.67 bits per heavy atom. The van der Waals surface area contributed by atoms with Crippen LogP contribution in [-0.2, 0) is 20.7 Å². The number of rotatable bonds is 4. The van der Waals surface area contributed by atoms with E-state index in [1.165, 1.54) is 12.7 Å². The summed E-state index contributed by atoms with van der Waals surface area (Å²) in [5.41, 5.74) is 1.17. The molecule has 98 valence electrons. The van der Waals surface area contributed by atoms with Gasteiger partial charge in [0.15, 0.2) is 0 Å². The average Bonchev–Trinajstić information content (AvgIpc) is 2.45. The van der Waals surface area contributed by atoms with Crippen molar-refractivity contribution in [2.24, 2.45) is 0 Å². The Hall–Kier alpha value is -1.46. The number of carbonyl (C=O) groups is 1. The van der Waals surface area contributed by atoms with E-state index in [1.54, 1.807) is 6.20 Å². The van der Waals surface area contributed by atoms with E-state index in [2.05, 4.69) is 9.88 Å². The topological polar surface area (TPSA) is 51.7 Å². The van der Waals surface area contributed by atoms with Crippen LogP contribution in [0, 0.1) is 0 Å². The van der Waals surface area contributed by atoms with Crippen LogP contribution in [-0.4, -0.2) is 55.3 Å². The summed E-state index contributed by atoms with van der Waals surface area (Å²) in [5.74, 6) is -0.221. The molecular formula is C13H18N2O3. The van der Waals surface area contributed by atoms with E-state index in [-0.39, 0.29) is 12.0 Å². The summed E-state index contributed by atoms with van der Waals surface area (Å²) in [4.78, 5) is 17.8. The van der Waals surface area contributed by atoms with Crippen LogP contribution in [0.3, 0.4) is 0 Å². The van der Waals surface area contributed by atoms with Crippen molar-refractivity contribution in [3.05, 3.63) is 30.1 Å². The molecule has 1 aromatic rings. The fourth-order valence-electron chi connectivity index (χ4n) is 2.08. The van der Waals surface area contributed by atoms with Crippen molar-refractivity contribution in [1.29, 1.82) is 0 Å². The Morgan fingerprint density at radius 2 is 2.56 bits per heavy atom. The first-order chi connectivity index (χ1) is 8.81. The van der Waals surface area contributed by atoms with Gasteiger partial charge >= 0.3 is 5.97 Å². The summed E-state index contributed by atoms with van der Waals surface area (Å²) in [7, 11) is 1.41. The van der Waals surface area contributed by atoms with Gasteiger partial charge in [-0.05, 0) is 18.1 Å². The molecular weight excluding hydrogens is 232 g/mol. The van der Waals surface area contributed by atoms with E-state index in [9.17, 15) is 4.79 Å². The molecule has 1 saturated heterocycles. The van der Waals surface area contributed by atoms with Gasteiger partial charge in [0, 0.05) is 25.5 Å². The first kappa shape index (κ1) is 13.0. The van der Waals surface area contributed by atoms with Crippen molar-refractivity contribution in [3.8, 4) is 0 Å². The number of esters is 1. The minimum absolute atomic E-state index is 0.221. The highest BCUT2D eigenvalue weighted by Crippen LogP contribution is 2.10. The van der Waals surface area contributed by atoms with Crippen LogP contribution in [0.1, 0.15) is 5.56 Å². The summed E-state index contributed by atoms with van der Waals surface area (Å²) in [6, 6.07) is 3.69. The number of carbonyl (C=O) groups excluding carboxylic acids is 1. The Labute approximate surface area is 107 Å². The van der Waals surface area contributed by atoms with Gasteiger partial charge in [-0.25, -0.2) is 0 Å². The number of pyridine rings is 1. The average molecular weight is 250 g/mol. The molecule has 0 amide bonds. The Bertz CT molecular complexity index is 383. The molecule has 2 heterocycles. The summed E-state index contributed by atoms with van der Waals surface area (Å²) in [5, 5.41) is 0. The van der Waals surface area contributed by atoms with Crippen molar-refractivity contribution in [1.82, 2.24) is 9.88 Å². The maximum Gasteiger partial charge on any atom is 0.325 e. The third kappa shape index (κ3) is 3.27. The third-order valence-corrected chi connectivity index (χ3v) is 3.12. The van der Waals surface area contributed by atoms with Crippen molar-refractivity contribution in [2.75, 3.05) is 33.4 Å². The molecule has 5 nitrogen and oxygen atoms in total. The first-order valence-electron chi connectivity index (χ1n) is 6.10. The molecule has 0 saturated carbocycles.